The van der Waals surface area contributed by atoms with Crippen molar-refractivity contribution in [2.75, 3.05) is 6.61 Å². The highest BCUT2D eigenvalue weighted by Crippen LogP contribution is 2.40. The van der Waals surface area contributed by atoms with Crippen molar-refractivity contribution in [2.24, 2.45) is 5.41 Å². The number of nitrogens with one attached hydrogen (secondary N) is 1. The number of fused-ring (bicyclic) bond motifs is 1. The number of ether oxygens (including phenoxy) is 1. The van der Waals surface area contributed by atoms with Crippen LogP contribution in [0, 0.1) is 5.41 Å². The summed E-state index contributed by atoms with van der Waals surface area (Å²) in [6, 6.07) is 8.35. The number of allylic oxidation sites excluding steroid dienone is 7. The Morgan fingerprint density at radius 1 is 1.23 bits per heavy atom. The smallest absolute Gasteiger partial charge is 0.330 e. The van der Waals surface area contributed by atoms with Crippen LogP contribution in [-0.4, -0.2) is 17.6 Å². The zero-order valence-corrected chi connectivity index (χ0v) is 18.6. The molecule has 1 aliphatic carbocycles. The van der Waals surface area contributed by atoms with Gasteiger partial charge in [0.2, 0.25) is 0 Å². The molecule has 1 aromatic carbocycles. The van der Waals surface area contributed by atoms with Gasteiger partial charge in [-0.1, -0.05) is 61.9 Å². The lowest BCUT2D eigenvalue weighted by atomic mass is 9.72. The first-order valence-corrected chi connectivity index (χ1v) is 10.9. The molecule has 158 valence electrons. The second-order valence-electron chi connectivity index (χ2n) is 8.65. The number of carbonyl (C=O) groups excluding carboxylic acids is 1. The van der Waals surface area contributed by atoms with Gasteiger partial charge in [-0.25, -0.2) is 4.79 Å². The largest absolute Gasteiger partial charge is 0.463 e. The molecule has 1 aliphatic rings. The fraction of sp³-hybridized carbons (Fsp3) is 0.370. The van der Waals surface area contributed by atoms with Gasteiger partial charge in [-0.3, -0.25) is 0 Å². The van der Waals surface area contributed by atoms with E-state index < -0.39 is 0 Å². The zero-order chi connectivity index (χ0) is 21.6. The van der Waals surface area contributed by atoms with Crippen LogP contribution in [0.5, 0.6) is 0 Å². The molecular formula is C27H33NO2. The van der Waals surface area contributed by atoms with E-state index in [0.717, 1.165) is 17.5 Å². The number of H-pyrrole nitrogens is 1. The third-order valence-electron chi connectivity index (χ3n) is 5.91. The topological polar surface area (TPSA) is 42.1 Å². The summed E-state index contributed by atoms with van der Waals surface area (Å²) in [5, 5.41) is 1.24. The van der Waals surface area contributed by atoms with E-state index in [9.17, 15) is 4.79 Å². The molecule has 0 aliphatic heterocycles. The summed E-state index contributed by atoms with van der Waals surface area (Å²) in [5.74, 6) is -0.309. The van der Waals surface area contributed by atoms with E-state index in [1.807, 2.05) is 19.1 Å². The summed E-state index contributed by atoms with van der Waals surface area (Å²) in [4.78, 5) is 15.0. The third-order valence-corrected chi connectivity index (χ3v) is 5.91. The molecule has 0 fully saturated rings. The number of hydrogen-bond donors (Lipinski definition) is 1. The quantitative estimate of drug-likeness (QED) is 0.312. The number of carbonyl (C=O) groups is 1. The maximum Gasteiger partial charge on any atom is 0.330 e. The van der Waals surface area contributed by atoms with Gasteiger partial charge in [0.25, 0.3) is 0 Å². The predicted octanol–water partition coefficient (Wildman–Crippen LogP) is 6.84. The van der Waals surface area contributed by atoms with Crippen LogP contribution in [0.15, 0.2) is 77.6 Å². The number of aromatic nitrogens is 1. The lowest BCUT2D eigenvalue weighted by Crippen LogP contribution is -2.19. The molecule has 3 rings (SSSR count). The van der Waals surface area contributed by atoms with E-state index >= 15 is 0 Å². The van der Waals surface area contributed by atoms with E-state index in [4.69, 9.17) is 4.74 Å². The Bertz CT molecular complexity index is 1010. The van der Waals surface area contributed by atoms with Crippen LogP contribution in [-0.2, 0) is 16.0 Å². The highest BCUT2D eigenvalue weighted by atomic mass is 16.5. The second kappa shape index (κ2) is 9.80. The number of benzene rings is 1. The van der Waals surface area contributed by atoms with Gasteiger partial charge >= 0.3 is 5.97 Å². The maximum absolute atomic E-state index is 11.7. The minimum absolute atomic E-state index is 0.200. The van der Waals surface area contributed by atoms with E-state index in [1.54, 1.807) is 6.08 Å². The van der Waals surface area contributed by atoms with Gasteiger partial charge in [0.1, 0.15) is 0 Å². The first kappa shape index (κ1) is 21.9. The number of para-hydroxylation sites is 1. The first-order valence-electron chi connectivity index (χ1n) is 10.9. The first-order chi connectivity index (χ1) is 14.4. The molecular weight excluding hydrogens is 370 g/mol. The van der Waals surface area contributed by atoms with Gasteiger partial charge in [0.15, 0.2) is 0 Å². The Morgan fingerprint density at radius 2 is 2.03 bits per heavy atom. The van der Waals surface area contributed by atoms with E-state index in [2.05, 4.69) is 62.3 Å². The maximum atomic E-state index is 11.7. The molecule has 1 heterocycles. The van der Waals surface area contributed by atoms with E-state index in [1.165, 1.54) is 47.4 Å². The molecule has 0 amide bonds. The van der Waals surface area contributed by atoms with E-state index in [0.29, 0.717) is 6.61 Å². The molecule has 0 unspecified atom stereocenters. The molecule has 0 atom stereocenters. The van der Waals surface area contributed by atoms with Crippen LogP contribution in [0.25, 0.3) is 10.9 Å². The molecule has 1 N–H and O–H groups in total. The number of rotatable bonds is 7. The van der Waals surface area contributed by atoms with Gasteiger partial charge in [-0.15, -0.1) is 0 Å². The Labute approximate surface area is 180 Å². The van der Waals surface area contributed by atoms with Crippen molar-refractivity contribution in [1.29, 1.82) is 0 Å². The molecule has 3 nitrogen and oxygen atoms in total. The summed E-state index contributed by atoms with van der Waals surface area (Å²) < 4.78 is 5.00. The average molecular weight is 404 g/mol. The number of hydrogen-bond acceptors (Lipinski definition) is 2. The zero-order valence-electron chi connectivity index (χ0n) is 18.6. The van der Waals surface area contributed by atoms with Crippen LogP contribution in [0.4, 0.5) is 0 Å². The van der Waals surface area contributed by atoms with Crippen LogP contribution in [0.1, 0.15) is 52.5 Å². The summed E-state index contributed by atoms with van der Waals surface area (Å²) in [7, 11) is 0. The van der Waals surface area contributed by atoms with Crippen LogP contribution in [0.3, 0.4) is 0 Å². The molecule has 0 bridgehead atoms. The minimum atomic E-state index is -0.309. The van der Waals surface area contributed by atoms with Crippen LogP contribution >= 0.6 is 0 Å². The highest BCUT2D eigenvalue weighted by molar-refractivity contribution is 5.83. The number of esters is 1. The highest BCUT2D eigenvalue weighted by Gasteiger charge is 2.26. The lowest BCUT2D eigenvalue weighted by molar-refractivity contribution is -0.137. The molecule has 0 spiro atoms. The molecule has 1 aromatic heterocycles. The molecule has 0 saturated heterocycles. The van der Waals surface area contributed by atoms with Gasteiger partial charge in [0.05, 0.1) is 6.61 Å². The summed E-state index contributed by atoms with van der Waals surface area (Å²) >= 11 is 0. The molecule has 2 aromatic rings. The van der Waals surface area contributed by atoms with Crippen molar-refractivity contribution >= 4 is 16.9 Å². The van der Waals surface area contributed by atoms with Gasteiger partial charge in [-0.05, 0) is 67.7 Å². The van der Waals surface area contributed by atoms with Crippen molar-refractivity contribution < 1.29 is 9.53 Å². The molecule has 30 heavy (non-hydrogen) atoms. The van der Waals surface area contributed by atoms with Crippen molar-refractivity contribution in [2.45, 2.75) is 53.4 Å². The normalized spacial score (nSPS) is 17.4. The fourth-order valence-corrected chi connectivity index (χ4v) is 4.31. The van der Waals surface area contributed by atoms with Gasteiger partial charge in [0, 0.05) is 23.2 Å². The Balaban J connectivity index is 1.90. The summed E-state index contributed by atoms with van der Waals surface area (Å²) in [6.45, 7) is 9.12. The van der Waals surface area contributed by atoms with Crippen molar-refractivity contribution in [3.63, 3.8) is 0 Å². The third kappa shape index (κ3) is 5.41. The lowest BCUT2D eigenvalue weighted by Gasteiger charge is -2.33. The SMILES string of the molecule is CCOC(=O)/C=C/C=C(/C=C/C1=C(C)CCCC1(C)C)Cc1c[nH]c2ccccc12. The Morgan fingerprint density at radius 3 is 2.80 bits per heavy atom. The Kier molecular flexibility index (Phi) is 7.15. The number of aromatic amines is 1. The molecule has 0 saturated carbocycles. The van der Waals surface area contributed by atoms with Gasteiger partial charge < -0.3 is 9.72 Å². The van der Waals surface area contributed by atoms with Crippen molar-refractivity contribution in [3.8, 4) is 0 Å². The summed E-state index contributed by atoms with van der Waals surface area (Å²) in [5.41, 5.74) is 6.67. The van der Waals surface area contributed by atoms with Gasteiger partial charge in [-0.2, -0.15) is 0 Å². The standard InChI is InChI=1S/C27H33NO2/c1-5-30-26(29)14-8-11-21(15-16-24-20(2)10-9-17-27(24,3)4)18-22-19-28-25-13-7-6-12-23(22)25/h6-8,11-16,19,28H,5,9-10,17-18H2,1-4H3/b14-8+,16-15+,21-11-. The molecule has 3 heteroatoms. The summed E-state index contributed by atoms with van der Waals surface area (Å²) in [6.07, 6.45) is 16.3. The minimum Gasteiger partial charge on any atom is -0.463 e. The van der Waals surface area contributed by atoms with Crippen LogP contribution in [0.2, 0.25) is 0 Å². The van der Waals surface area contributed by atoms with E-state index in [-0.39, 0.29) is 11.4 Å². The van der Waals surface area contributed by atoms with Crippen LogP contribution < -0.4 is 0 Å². The predicted molar refractivity (Wildman–Crippen MR) is 125 cm³/mol. The fourth-order valence-electron chi connectivity index (χ4n) is 4.31. The average Bonchev–Trinajstić information content (AvgIpc) is 3.10. The molecule has 0 radical (unpaired) electrons. The Hall–Kier alpha value is -2.81. The van der Waals surface area contributed by atoms with Crippen molar-refractivity contribution in [1.82, 2.24) is 4.98 Å². The monoisotopic (exact) mass is 403 g/mol. The van der Waals surface area contributed by atoms with Crippen molar-refractivity contribution in [3.05, 3.63) is 83.1 Å². The second-order valence-corrected chi connectivity index (χ2v) is 8.65.